The number of nitrogens with one attached hydrogen (secondary N) is 3. The SMILES string of the molecule is CCNC(=NCc1ccc(S(=O)(=O)NC)cc1)NCc1ccco1. The fourth-order valence-corrected chi connectivity index (χ4v) is 2.72. The molecule has 0 bridgehead atoms. The summed E-state index contributed by atoms with van der Waals surface area (Å²) in [6.07, 6.45) is 1.63. The zero-order valence-corrected chi connectivity index (χ0v) is 14.6. The Labute approximate surface area is 142 Å². The number of benzene rings is 1. The van der Waals surface area contributed by atoms with Gasteiger partial charge in [-0.2, -0.15) is 0 Å². The highest BCUT2D eigenvalue weighted by Crippen LogP contribution is 2.10. The number of furan rings is 1. The molecule has 1 heterocycles. The minimum Gasteiger partial charge on any atom is -0.467 e. The maximum absolute atomic E-state index is 11.7. The molecule has 0 amide bonds. The van der Waals surface area contributed by atoms with Gasteiger partial charge in [-0.1, -0.05) is 12.1 Å². The monoisotopic (exact) mass is 350 g/mol. The number of hydrogen-bond acceptors (Lipinski definition) is 4. The topological polar surface area (TPSA) is 95.7 Å². The first-order chi connectivity index (χ1) is 11.5. The highest BCUT2D eigenvalue weighted by atomic mass is 32.2. The van der Waals surface area contributed by atoms with Crippen LogP contribution in [0.25, 0.3) is 0 Å². The van der Waals surface area contributed by atoms with Crippen LogP contribution < -0.4 is 15.4 Å². The molecule has 8 heteroatoms. The van der Waals surface area contributed by atoms with Crippen LogP contribution in [-0.2, 0) is 23.1 Å². The van der Waals surface area contributed by atoms with E-state index in [-0.39, 0.29) is 4.90 Å². The van der Waals surface area contributed by atoms with Gasteiger partial charge >= 0.3 is 0 Å². The average Bonchev–Trinajstić information content (AvgIpc) is 3.11. The summed E-state index contributed by atoms with van der Waals surface area (Å²) in [5.74, 6) is 1.49. The molecule has 1 aromatic heterocycles. The van der Waals surface area contributed by atoms with Crippen molar-refractivity contribution in [3.63, 3.8) is 0 Å². The lowest BCUT2D eigenvalue weighted by molar-refractivity contribution is 0.501. The number of guanidine groups is 1. The van der Waals surface area contributed by atoms with Crippen molar-refractivity contribution >= 4 is 16.0 Å². The second-order valence-corrected chi connectivity index (χ2v) is 6.87. The molecule has 1 aromatic carbocycles. The van der Waals surface area contributed by atoms with Gasteiger partial charge in [0.05, 0.1) is 24.2 Å². The molecule has 0 aliphatic rings. The lowest BCUT2D eigenvalue weighted by Crippen LogP contribution is -2.36. The number of hydrogen-bond donors (Lipinski definition) is 3. The summed E-state index contributed by atoms with van der Waals surface area (Å²) < 4.78 is 30.9. The third-order valence-corrected chi connectivity index (χ3v) is 4.71. The molecule has 2 rings (SSSR count). The van der Waals surface area contributed by atoms with Crippen LogP contribution in [0.15, 0.2) is 57.0 Å². The van der Waals surface area contributed by atoms with Crippen LogP contribution in [0.1, 0.15) is 18.2 Å². The molecule has 2 aromatic rings. The summed E-state index contributed by atoms with van der Waals surface area (Å²) in [6, 6.07) is 10.4. The molecule has 24 heavy (non-hydrogen) atoms. The highest BCUT2D eigenvalue weighted by Gasteiger charge is 2.10. The second kappa shape index (κ2) is 8.51. The van der Waals surface area contributed by atoms with Crippen LogP contribution in [-0.4, -0.2) is 28.0 Å². The Bertz CT molecular complexity index is 753. The molecule has 0 saturated heterocycles. The Morgan fingerprint density at radius 2 is 1.92 bits per heavy atom. The Morgan fingerprint density at radius 1 is 1.17 bits per heavy atom. The third-order valence-electron chi connectivity index (χ3n) is 3.28. The molecule has 0 radical (unpaired) electrons. The Kier molecular flexibility index (Phi) is 6.39. The summed E-state index contributed by atoms with van der Waals surface area (Å²) >= 11 is 0. The highest BCUT2D eigenvalue weighted by molar-refractivity contribution is 7.89. The van der Waals surface area contributed by atoms with Gasteiger partial charge in [-0.25, -0.2) is 18.1 Å². The Hall–Kier alpha value is -2.32. The van der Waals surface area contributed by atoms with Crippen LogP contribution in [0.5, 0.6) is 0 Å². The van der Waals surface area contributed by atoms with E-state index in [0.717, 1.165) is 17.9 Å². The van der Waals surface area contributed by atoms with E-state index in [1.54, 1.807) is 30.5 Å². The summed E-state index contributed by atoms with van der Waals surface area (Å²) in [6.45, 7) is 3.70. The predicted molar refractivity (Wildman–Crippen MR) is 93.1 cm³/mol. The van der Waals surface area contributed by atoms with Gasteiger partial charge in [0.25, 0.3) is 0 Å². The van der Waals surface area contributed by atoms with Gasteiger partial charge in [0.15, 0.2) is 5.96 Å². The molecule has 0 spiro atoms. The lowest BCUT2D eigenvalue weighted by Gasteiger charge is -2.10. The normalized spacial score (nSPS) is 12.2. The minimum absolute atomic E-state index is 0.237. The van der Waals surface area contributed by atoms with E-state index in [9.17, 15) is 8.42 Å². The summed E-state index contributed by atoms with van der Waals surface area (Å²) in [4.78, 5) is 4.72. The fourth-order valence-electron chi connectivity index (χ4n) is 1.99. The van der Waals surface area contributed by atoms with Crippen molar-refractivity contribution in [1.82, 2.24) is 15.4 Å². The zero-order valence-electron chi connectivity index (χ0n) is 13.7. The van der Waals surface area contributed by atoms with Gasteiger partial charge in [0.2, 0.25) is 10.0 Å². The summed E-state index contributed by atoms with van der Waals surface area (Å²) in [5.41, 5.74) is 0.917. The molecule has 0 fully saturated rings. The van der Waals surface area contributed by atoms with Crippen molar-refractivity contribution in [1.29, 1.82) is 0 Å². The number of sulfonamides is 1. The summed E-state index contributed by atoms with van der Waals surface area (Å²) in [7, 11) is -2.02. The minimum atomic E-state index is -3.41. The van der Waals surface area contributed by atoms with E-state index >= 15 is 0 Å². The van der Waals surface area contributed by atoms with Crippen LogP contribution in [0.3, 0.4) is 0 Å². The predicted octanol–water partition coefficient (Wildman–Crippen LogP) is 1.44. The molecular weight excluding hydrogens is 328 g/mol. The Balaban J connectivity index is 2.00. The standard InChI is InChI=1S/C16H22N4O3S/c1-3-18-16(20-12-14-5-4-10-23-14)19-11-13-6-8-15(9-7-13)24(21,22)17-2/h4-10,17H,3,11-12H2,1-2H3,(H2,18,19,20). The van der Waals surface area contributed by atoms with Crippen LogP contribution >= 0.6 is 0 Å². The molecule has 3 N–H and O–H groups in total. The molecule has 0 atom stereocenters. The van der Waals surface area contributed by atoms with Crippen molar-refractivity contribution < 1.29 is 12.8 Å². The van der Waals surface area contributed by atoms with Crippen molar-refractivity contribution in [2.45, 2.75) is 24.9 Å². The van der Waals surface area contributed by atoms with Gasteiger partial charge in [-0.05, 0) is 43.8 Å². The number of aliphatic imine (C=N–C) groups is 1. The number of nitrogens with zero attached hydrogens (tertiary/aromatic N) is 1. The lowest BCUT2D eigenvalue weighted by atomic mass is 10.2. The zero-order chi connectivity index (χ0) is 17.4. The first-order valence-electron chi connectivity index (χ1n) is 7.62. The van der Waals surface area contributed by atoms with Gasteiger partial charge < -0.3 is 15.1 Å². The van der Waals surface area contributed by atoms with E-state index in [1.807, 2.05) is 19.1 Å². The quantitative estimate of drug-likeness (QED) is 0.519. The molecule has 130 valence electrons. The Morgan fingerprint density at radius 3 is 2.50 bits per heavy atom. The molecule has 7 nitrogen and oxygen atoms in total. The molecular formula is C16H22N4O3S. The third kappa shape index (κ3) is 5.10. The first-order valence-corrected chi connectivity index (χ1v) is 9.10. The van der Waals surface area contributed by atoms with Gasteiger partial charge in [0.1, 0.15) is 5.76 Å². The fraction of sp³-hybridized carbons (Fsp3) is 0.312. The van der Waals surface area contributed by atoms with Gasteiger partial charge in [0, 0.05) is 6.54 Å². The first kappa shape index (κ1) is 18.0. The molecule has 0 aliphatic heterocycles. The maximum Gasteiger partial charge on any atom is 0.240 e. The summed E-state index contributed by atoms with van der Waals surface area (Å²) in [5, 5.41) is 6.33. The van der Waals surface area contributed by atoms with Crippen LogP contribution in [0.2, 0.25) is 0 Å². The maximum atomic E-state index is 11.7. The second-order valence-electron chi connectivity index (χ2n) is 4.98. The van der Waals surface area contributed by atoms with Crippen molar-refractivity contribution in [2.24, 2.45) is 4.99 Å². The van der Waals surface area contributed by atoms with E-state index in [1.165, 1.54) is 7.05 Å². The average molecular weight is 350 g/mol. The molecule has 0 aliphatic carbocycles. The van der Waals surface area contributed by atoms with Crippen molar-refractivity contribution in [3.8, 4) is 0 Å². The van der Waals surface area contributed by atoms with E-state index in [0.29, 0.717) is 19.0 Å². The largest absolute Gasteiger partial charge is 0.467 e. The molecule has 0 unspecified atom stereocenters. The molecule has 0 saturated carbocycles. The van der Waals surface area contributed by atoms with Gasteiger partial charge in [-0.15, -0.1) is 0 Å². The van der Waals surface area contributed by atoms with E-state index < -0.39 is 10.0 Å². The van der Waals surface area contributed by atoms with Crippen molar-refractivity contribution in [3.05, 3.63) is 54.0 Å². The smallest absolute Gasteiger partial charge is 0.240 e. The van der Waals surface area contributed by atoms with Crippen LogP contribution in [0.4, 0.5) is 0 Å². The number of rotatable bonds is 7. The van der Waals surface area contributed by atoms with E-state index in [4.69, 9.17) is 4.42 Å². The van der Waals surface area contributed by atoms with Gasteiger partial charge in [-0.3, -0.25) is 0 Å². The van der Waals surface area contributed by atoms with E-state index in [2.05, 4.69) is 20.3 Å². The van der Waals surface area contributed by atoms with Crippen molar-refractivity contribution in [2.75, 3.05) is 13.6 Å². The van der Waals surface area contributed by atoms with Crippen LogP contribution in [0, 0.1) is 0 Å².